The molecule has 0 spiro atoms. The van der Waals surface area contributed by atoms with Crippen molar-refractivity contribution in [1.82, 2.24) is 15.0 Å². The Balaban J connectivity index is 2.21. The van der Waals surface area contributed by atoms with Crippen molar-refractivity contribution in [2.24, 2.45) is 0 Å². The molecule has 0 amide bonds. The molecule has 4 heteroatoms. The van der Waals surface area contributed by atoms with Crippen molar-refractivity contribution < 1.29 is 5.11 Å². The van der Waals surface area contributed by atoms with Crippen LogP contribution in [0.2, 0.25) is 0 Å². The van der Waals surface area contributed by atoms with E-state index in [4.69, 9.17) is 5.11 Å². The van der Waals surface area contributed by atoms with E-state index in [1.165, 1.54) is 30.5 Å². The van der Waals surface area contributed by atoms with Crippen molar-refractivity contribution in [2.75, 3.05) is 0 Å². The molecule has 1 aromatic heterocycles. The Morgan fingerprint density at radius 3 is 2.00 bits per heavy atom. The smallest absolute Gasteiger partial charge is 0.155 e. The maximum Gasteiger partial charge on any atom is 0.155 e. The largest absolute Gasteiger partial charge is 0.373 e. The highest BCUT2D eigenvalue weighted by molar-refractivity contribution is 5.09. The third-order valence-electron chi connectivity index (χ3n) is 2.51. The van der Waals surface area contributed by atoms with E-state index in [9.17, 15) is 0 Å². The zero-order chi connectivity index (χ0) is 9.10. The Hall–Kier alpha value is -0.900. The molecule has 0 fully saturated rings. The molecule has 72 valence electrons. The Morgan fingerprint density at radius 1 is 1.00 bits per heavy atom. The minimum Gasteiger partial charge on any atom is -0.373 e. The van der Waals surface area contributed by atoms with Gasteiger partial charge >= 0.3 is 0 Å². The lowest BCUT2D eigenvalue weighted by Crippen LogP contribution is -2.01. The summed E-state index contributed by atoms with van der Waals surface area (Å²) in [7, 11) is 0. The topological polar surface area (TPSA) is 50.9 Å². The summed E-state index contributed by atoms with van der Waals surface area (Å²) in [5.74, 6) is 0. The van der Waals surface area contributed by atoms with Crippen LogP contribution in [0.25, 0.3) is 0 Å². The number of nitrogens with zero attached hydrogens (tertiary/aromatic N) is 3. The third kappa shape index (κ3) is 1.88. The summed E-state index contributed by atoms with van der Waals surface area (Å²) < 4.78 is 0. The van der Waals surface area contributed by atoms with Gasteiger partial charge in [0, 0.05) is 0 Å². The molecule has 1 heterocycles. The lowest BCUT2D eigenvalue weighted by molar-refractivity contribution is 0.177. The van der Waals surface area contributed by atoms with E-state index in [1.807, 2.05) is 0 Å². The van der Waals surface area contributed by atoms with E-state index in [0.29, 0.717) is 0 Å². The van der Waals surface area contributed by atoms with Crippen LogP contribution in [-0.4, -0.2) is 20.1 Å². The number of hydrogen-bond donors (Lipinski definition) is 1. The van der Waals surface area contributed by atoms with Crippen LogP contribution in [0.1, 0.15) is 37.1 Å². The number of aryl methyl sites for hydroxylation is 2. The monoisotopic (exact) mass is 181 g/mol. The van der Waals surface area contributed by atoms with Gasteiger partial charge in [0.15, 0.2) is 6.73 Å². The molecule has 0 unspecified atom stereocenters. The summed E-state index contributed by atoms with van der Waals surface area (Å²) >= 11 is 0. The maximum absolute atomic E-state index is 8.87. The molecule has 0 aliphatic heterocycles. The van der Waals surface area contributed by atoms with Crippen LogP contribution in [-0.2, 0) is 19.6 Å². The zero-order valence-corrected chi connectivity index (χ0v) is 7.74. The Kier molecular flexibility index (Phi) is 2.59. The Morgan fingerprint density at radius 2 is 1.54 bits per heavy atom. The highest BCUT2D eigenvalue weighted by atomic mass is 16.3. The second-order valence-electron chi connectivity index (χ2n) is 3.52. The number of aliphatic hydroxyl groups excluding tert-OH is 1. The summed E-state index contributed by atoms with van der Waals surface area (Å²) in [6.07, 6.45) is 7.05. The summed E-state index contributed by atoms with van der Waals surface area (Å²) in [4.78, 5) is 1.38. The molecule has 0 atom stereocenters. The van der Waals surface area contributed by atoms with Gasteiger partial charge in [-0.05, 0) is 25.7 Å². The van der Waals surface area contributed by atoms with Crippen molar-refractivity contribution >= 4 is 0 Å². The summed E-state index contributed by atoms with van der Waals surface area (Å²) in [5, 5.41) is 17.3. The fraction of sp³-hybridized carbons (Fsp3) is 0.778. The summed E-state index contributed by atoms with van der Waals surface area (Å²) in [6, 6.07) is 0. The number of hydrogen-bond acceptors (Lipinski definition) is 3. The van der Waals surface area contributed by atoms with Gasteiger partial charge in [-0.3, -0.25) is 0 Å². The quantitative estimate of drug-likeness (QED) is 0.700. The minimum atomic E-state index is -0.104. The standard InChI is InChI=1S/C9H15N3O/c13-7-12-10-8-5-3-1-2-4-6-9(8)11-12/h13H,1-7H2. The molecule has 0 radical (unpaired) electrons. The van der Waals surface area contributed by atoms with Crippen molar-refractivity contribution in [2.45, 2.75) is 45.3 Å². The first-order valence-corrected chi connectivity index (χ1v) is 4.94. The summed E-state index contributed by atoms with van der Waals surface area (Å²) in [5.41, 5.74) is 2.18. The Bertz CT molecular complexity index is 257. The zero-order valence-electron chi connectivity index (χ0n) is 7.74. The van der Waals surface area contributed by atoms with Gasteiger partial charge in [0.05, 0.1) is 11.4 Å². The van der Waals surface area contributed by atoms with Crippen LogP contribution in [0.15, 0.2) is 0 Å². The predicted molar refractivity (Wildman–Crippen MR) is 48.1 cm³/mol. The molecule has 13 heavy (non-hydrogen) atoms. The van der Waals surface area contributed by atoms with E-state index in [-0.39, 0.29) is 6.73 Å². The van der Waals surface area contributed by atoms with Gasteiger partial charge in [0.2, 0.25) is 0 Å². The molecule has 1 aliphatic carbocycles. The Labute approximate surface area is 77.6 Å². The number of aliphatic hydroxyl groups is 1. The first-order valence-electron chi connectivity index (χ1n) is 4.94. The molecule has 0 bridgehead atoms. The van der Waals surface area contributed by atoms with Gasteiger partial charge < -0.3 is 5.11 Å². The fourth-order valence-electron chi connectivity index (χ4n) is 1.81. The van der Waals surface area contributed by atoms with Gasteiger partial charge in [-0.1, -0.05) is 12.8 Å². The number of fused-ring (bicyclic) bond motifs is 1. The van der Waals surface area contributed by atoms with E-state index < -0.39 is 0 Å². The normalized spacial score (nSPS) is 17.6. The molecular formula is C9H15N3O. The van der Waals surface area contributed by atoms with Crippen LogP contribution in [0, 0.1) is 0 Å². The highest BCUT2D eigenvalue weighted by Gasteiger charge is 2.12. The highest BCUT2D eigenvalue weighted by Crippen LogP contribution is 2.16. The van der Waals surface area contributed by atoms with Gasteiger partial charge in [0.25, 0.3) is 0 Å². The average molecular weight is 181 g/mol. The molecular weight excluding hydrogens is 166 g/mol. The van der Waals surface area contributed by atoms with Crippen molar-refractivity contribution in [3.8, 4) is 0 Å². The van der Waals surface area contributed by atoms with Gasteiger partial charge in [-0.15, -0.1) is 0 Å². The van der Waals surface area contributed by atoms with Gasteiger partial charge in [-0.25, -0.2) is 0 Å². The maximum atomic E-state index is 8.87. The van der Waals surface area contributed by atoms with E-state index >= 15 is 0 Å². The molecule has 1 aromatic rings. The lowest BCUT2D eigenvalue weighted by atomic mass is 10.0. The molecule has 2 rings (SSSR count). The minimum absolute atomic E-state index is 0.104. The SMILES string of the molecule is OCn1nc2c(n1)CCCCCC2. The van der Waals surface area contributed by atoms with Gasteiger partial charge in [-0.2, -0.15) is 15.0 Å². The van der Waals surface area contributed by atoms with Crippen LogP contribution < -0.4 is 0 Å². The van der Waals surface area contributed by atoms with E-state index in [1.54, 1.807) is 0 Å². The number of rotatable bonds is 1. The molecule has 4 nitrogen and oxygen atoms in total. The molecule has 1 N–H and O–H groups in total. The van der Waals surface area contributed by atoms with Crippen LogP contribution >= 0.6 is 0 Å². The molecule has 0 saturated heterocycles. The van der Waals surface area contributed by atoms with Crippen molar-refractivity contribution in [1.29, 1.82) is 0 Å². The molecule has 0 saturated carbocycles. The second-order valence-corrected chi connectivity index (χ2v) is 3.52. The fourth-order valence-corrected chi connectivity index (χ4v) is 1.81. The second kappa shape index (κ2) is 3.87. The van der Waals surface area contributed by atoms with Crippen molar-refractivity contribution in [3.05, 3.63) is 11.4 Å². The van der Waals surface area contributed by atoms with E-state index in [0.717, 1.165) is 24.2 Å². The number of aromatic nitrogens is 3. The third-order valence-corrected chi connectivity index (χ3v) is 2.51. The van der Waals surface area contributed by atoms with E-state index in [2.05, 4.69) is 10.2 Å². The van der Waals surface area contributed by atoms with Gasteiger partial charge in [0.1, 0.15) is 0 Å². The van der Waals surface area contributed by atoms with Crippen LogP contribution in [0.5, 0.6) is 0 Å². The summed E-state index contributed by atoms with van der Waals surface area (Å²) in [6.45, 7) is -0.104. The van der Waals surface area contributed by atoms with Crippen molar-refractivity contribution in [3.63, 3.8) is 0 Å². The average Bonchev–Trinajstić information content (AvgIpc) is 2.47. The first kappa shape index (κ1) is 8.69. The molecule has 1 aliphatic rings. The first-order chi connectivity index (χ1) is 6.40. The molecule has 0 aromatic carbocycles. The predicted octanol–water partition coefficient (Wildman–Crippen LogP) is 0.887. The van der Waals surface area contributed by atoms with Crippen LogP contribution in [0.3, 0.4) is 0 Å². The van der Waals surface area contributed by atoms with Crippen LogP contribution in [0.4, 0.5) is 0 Å². The lowest BCUT2D eigenvalue weighted by Gasteiger charge is -2.05.